The Morgan fingerprint density at radius 1 is 1.11 bits per heavy atom. The number of aliphatic hydroxyl groups is 1. The summed E-state index contributed by atoms with van der Waals surface area (Å²) in [6.45, 7) is 12.7. The first-order valence-corrected chi connectivity index (χ1v) is 18.6. The fourth-order valence-electron chi connectivity index (χ4n) is 6.50. The normalized spacial score (nSPS) is 18.0. The number of hydrogen-bond acceptors (Lipinski definition) is 10. The molecule has 1 unspecified atom stereocenters. The van der Waals surface area contributed by atoms with Crippen molar-refractivity contribution in [2.24, 2.45) is 0 Å². The number of aromatic hydroxyl groups is 1. The van der Waals surface area contributed by atoms with Crippen molar-refractivity contribution in [2.45, 2.75) is 95.7 Å². The highest BCUT2D eigenvalue weighted by atomic mass is 32.1. The van der Waals surface area contributed by atoms with Crippen LogP contribution in [0.25, 0.3) is 10.2 Å². The average molecular weight is 674 g/mol. The highest BCUT2D eigenvalue weighted by Gasteiger charge is 2.41. The lowest BCUT2D eigenvalue weighted by molar-refractivity contribution is -0.127. The van der Waals surface area contributed by atoms with Gasteiger partial charge in [0, 0.05) is 42.5 Å². The van der Waals surface area contributed by atoms with Gasteiger partial charge in [-0.15, -0.1) is 11.3 Å². The molecule has 4 N–H and O–H groups in total. The van der Waals surface area contributed by atoms with Crippen LogP contribution in [0.3, 0.4) is 0 Å². The molecule has 4 heterocycles. The van der Waals surface area contributed by atoms with Crippen molar-refractivity contribution in [3.05, 3.63) is 43.4 Å². The number of aromatic nitrogens is 2. The molecule has 10 nitrogen and oxygen atoms in total. The zero-order chi connectivity index (χ0) is 32.7. The zero-order valence-electron chi connectivity index (χ0n) is 27.6. The number of phenolic OH excluding ortho intramolecular Hbond substituents is 1. The quantitative estimate of drug-likeness (QED) is 0.167. The Hall–Kier alpha value is -2.35. The molecular weight excluding hydrogens is 623 g/mol. The number of nitrogens with one attached hydrogen (secondary N) is 2. The number of ether oxygens (including phenoxy) is 1. The molecule has 1 atom stereocenters. The van der Waals surface area contributed by atoms with E-state index in [2.05, 4.69) is 41.0 Å². The third-order valence-electron chi connectivity index (χ3n) is 9.28. The summed E-state index contributed by atoms with van der Waals surface area (Å²) in [6.07, 6.45) is 9.64. The second-order valence-electron chi connectivity index (χ2n) is 14.0. The van der Waals surface area contributed by atoms with Crippen LogP contribution in [-0.2, 0) is 10.2 Å². The number of fused-ring (bicyclic) bond motifs is 1. The zero-order valence-corrected chi connectivity index (χ0v) is 29.2. The van der Waals surface area contributed by atoms with E-state index < -0.39 is 6.10 Å². The maximum atomic E-state index is 13.2. The Balaban J connectivity index is 0.897. The number of piperidine rings is 1. The predicted octanol–water partition coefficient (Wildman–Crippen LogP) is 5.41. The number of nitrogens with zero attached hydrogens (tertiary/aromatic N) is 3. The Kier molecular flexibility index (Phi) is 11.9. The van der Waals surface area contributed by atoms with E-state index in [1.54, 1.807) is 17.4 Å². The minimum Gasteiger partial charge on any atom is -0.506 e. The van der Waals surface area contributed by atoms with Gasteiger partial charge in [-0.2, -0.15) is 0 Å². The molecule has 0 radical (unpaired) electrons. The second-order valence-corrected chi connectivity index (χ2v) is 15.8. The van der Waals surface area contributed by atoms with Crippen molar-refractivity contribution in [3.63, 3.8) is 0 Å². The number of phenols is 1. The molecule has 2 aliphatic rings. The molecule has 0 aliphatic carbocycles. The predicted molar refractivity (Wildman–Crippen MR) is 185 cm³/mol. The number of carbonyl (C=O) groups excluding carboxylic acids is 1. The van der Waals surface area contributed by atoms with Crippen LogP contribution in [0.5, 0.6) is 5.75 Å². The van der Waals surface area contributed by atoms with Gasteiger partial charge in [0.25, 0.3) is 5.91 Å². The fraction of sp³-hybridized carbons (Fsp3) is 0.676. The number of thiazole rings is 2. The summed E-state index contributed by atoms with van der Waals surface area (Å²) in [5.41, 5.74) is 1.36. The lowest BCUT2D eigenvalue weighted by atomic mass is 9.89. The van der Waals surface area contributed by atoms with E-state index in [-0.39, 0.29) is 27.5 Å². The van der Waals surface area contributed by atoms with Gasteiger partial charge in [0.15, 0.2) is 0 Å². The monoisotopic (exact) mass is 673 g/mol. The standard InChI is InChI=1S/C34H51N5O5S2/c1-33(2,3)31-36-25(22-45-31)30(42)39-19-20-44-34(23-39)13-17-38(18-14-34)16-10-8-6-4-5-7-9-15-35-21-27(41)24-11-12-26(40)28-29(24)46-32(43)37-28/h11-12,22,27,35,40-41H,4-10,13-21,23H2,1-3H3,(H,37,43). The molecule has 0 bridgehead atoms. The van der Waals surface area contributed by atoms with Gasteiger partial charge < -0.3 is 35.1 Å². The number of H-pyrrole nitrogens is 1. The van der Waals surface area contributed by atoms with Crippen molar-refractivity contribution < 1.29 is 19.7 Å². The number of hydrogen-bond donors (Lipinski definition) is 4. The summed E-state index contributed by atoms with van der Waals surface area (Å²) in [4.78, 5) is 36.5. The summed E-state index contributed by atoms with van der Waals surface area (Å²) < 4.78 is 6.93. The van der Waals surface area contributed by atoms with Crippen LogP contribution in [0.4, 0.5) is 0 Å². The first-order chi connectivity index (χ1) is 22.0. The van der Waals surface area contributed by atoms with E-state index in [4.69, 9.17) is 4.74 Å². The molecule has 2 saturated heterocycles. The molecule has 1 amide bonds. The van der Waals surface area contributed by atoms with Crippen LogP contribution in [0.2, 0.25) is 0 Å². The van der Waals surface area contributed by atoms with Crippen molar-refractivity contribution >= 4 is 38.8 Å². The van der Waals surface area contributed by atoms with E-state index in [1.807, 2.05) is 10.3 Å². The third kappa shape index (κ3) is 8.96. The topological polar surface area (TPSA) is 131 Å². The third-order valence-corrected chi connectivity index (χ3v) is 11.5. The summed E-state index contributed by atoms with van der Waals surface area (Å²) in [6, 6.07) is 3.20. The van der Waals surface area contributed by atoms with E-state index in [9.17, 15) is 19.8 Å². The first-order valence-electron chi connectivity index (χ1n) is 16.9. The molecule has 12 heteroatoms. The average Bonchev–Trinajstić information content (AvgIpc) is 3.69. The van der Waals surface area contributed by atoms with Gasteiger partial charge in [0.1, 0.15) is 17.0 Å². The van der Waals surface area contributed by atoms with E-state index in [1.165, 1.54) is 44.6 Å². The molecule has 5 rings (SSSR count). The number of rotatable bonds is 14. The van der Waals surface area contributed by atoms with Gasteiger partial charge in [0.05, 0.1) is 34.6 Å². The number of carbonyl (C=O) groups is 1. The van der Waals surface area contributed by atoms with Gasteiger partial charge in [-0.1, -0.05) is 70.3 Å². The lowest BCUT2D eigenvalue weighted by Crippen LogP contribution is -2.58. The number of likely N-dealkylation sites (tertiary alicyclic amines) is 1. The largest absolute Gasteiger partial charge is 0.506 e. The molecule has 254 valence electrons. The molecule has 3 aromatic rings. The van der Waals surface area contributed by atoms with Gasteiger partial charge >= 0.3 is 4.87 Å². The lowest BCUT2D eigenvalue weighted by Gasteiger charge is -2.47. The van der Waals surface area contributed by atoms with Crippen molar-refractivity contribution in [3.8, 4) is 5.75 Å². The first kappa shape index (κ1) is 35.0. The van der Waals surface area contributed by atoms with Gasteiger partial charge in [-0.3, -0.25) is 9.59 Å². The number of aliphatic hydroxyl groups excluding tert-OH is 1. The molecule has 2 aliphatic heterocycles. The highest BCUT2D eigenvalue weighted by Crippen LogP contribution is 2.33. The number of aromatic amines is 1. The highest BCUT2D eigenvalue weighted by molar-refractivity contribution is 7.16. The Labute approximate surface area is 280 Å². The minimum atomic E-state index is -0.731. The molecule has 2 fully saturated rings. The van der Waals surface area contributed by atoms with Crippen LogP contribution >= 0.6 is 22.7 Å². The molecular formula is C34H51N5O5S2. The second kappa shape index (κ2) is 15.7. The Morgan fingerprint density at radius 3 is 2.54 bits per heavy atom. The summed E-state index contributed by atoms with van der Waals surface area (Å²) >= 11 is 2.59. The number of unbranched alkanes of at least 4 members (excludes halogenated alkanes) is 6. The maximum Gasteiger partial charge on any atom is 0.305 e. The molecule has 46 heavy (non-hydrogen) atoms. The van der Waals surface area contributed by atoms with E-state index in [0.717, 1.165) is 61.8 Å². The molecule has 1 spiro atoms. The van der Waals surface area contributed by atoms with Gasteiger partial charge in [-0.25, -0.2) is 4.98 Å². The van der Waals surface area contributed by atoms with Crippen molar-refractivity contribution in [1.29, 1.82) is 0 Å². The van der Waals surface area contributed by atoms with Gasteiger partial charge in [0.2, 0.25) is 0 Å². The number of amides is 1. The molecule has 2 aromatic heterocycles. The van der Waals surface area contributed by atoms with Gasteiger partial charge in [-0.05, 0) is 44.8 Å². The van der Waals surface area contributed by atoms with Crippen LogP contribution in [-0.4, -0.2) is 93.9 Å². The van der Waals surface area contributed by atoms with Crippen LogP contribution in [0.1, 0.15) is 106 Å². The number of morpholine rings is 1. The fourth-order valence-corrected chi connectivity index (χ4v) is 8.30. The smallest absolute Gasteiger partial charge is 0.305 e. The van der Waals surface area contributed by atoms with E-state index >= 15 is 0 Å². The molecule has 1 aromatic carbocycles. The summed E-state index contributed by atoms with van der Waals surface area (Å²) in [7, 11) is 0. The van der Waals surface area contributed by atoms with E-state index in [0.29, 0.717) is 47.7 Å². The van der Waals surface area contributed by atoms with Crippen LogP contribution in [0.15, 0.2) is 22.3 Å². The molecule has 0 saturated carbocycles. The Morgan fingerprint density at radius 2 is 1.83 bits per heavy atom. The van der Waals surface area contributed by atoms with Crippen LogP contribution < -0.4 is 10.2 Å². The summed E-state index contributed by atoms with van der Waals surface area (Å²) in [5, 5.41) is 26.8. The number of benzene rings is 1. The van der Waals surface area contributed by atoms with Crippen molar-refractivity contribution in [1.82, 2.24) is 25.1 Å². The van der Waals surface area contributed by atoms with Crippen molar-refractivity contribution in [2.75, 3.05) is 52.4 Å². The minimum absolute atomic E-state index is 0.0245. The SMILES string of the molecule is CC(C)(C)c1nc(C(=O)N2CCOC3(CCN(CCCCCCCCCNCC(O)c4ccc(O)c5[nH]c(=O)sc45)CC3)C2)cs1. The Bertz CT molecular complexity index is 1490. The maximum absolute atomic E-state index is 13.2. The van der Waals surface area contributed by atoms with Crippen LogP contribution in [0, 0.1) is 0 Å². The summed E-state index contributed by atoms with van der Waals surface area (Å²) in [5.74, 6) is 0.0634.